The maximum absolute atomic E-state index is 13.2. The molecule has 7 N–H and O–H groups in total. The van der Waals surface area contributed by atoms with Crippen LogP contribution < -0.4 is 27.0 Å². The van der Waals surface area contributed by atoms with Crippen LogP contribution in [-0.2, 0) is 28.8 Å². The molecule has 13 nitrogen and oxygen atoms in total. The van der Waals surface area contributed by atoms with Gasteiger partial charge in [-0.2, -0.15) is 0 Å². The lowest BCUT2D eigenvalue weighted by Crippen LogP contribution is -2.58. The summed E-state index contributed by atoms with van der Waals surface area (Å²) >= 11 is 0. The molecular weight excluding hydrogens is 713 g/mol. The average molecular weight is 797 g/mol. The summed E-state index contributed by atoms with van der Waals surface area (Å²) in [6, 6.07) is -0.380. The number of carbonyl (C=O) groups is 6. The minimum Gasteiger partial charge on any atom is -0.394 e. The predicted molar refractivity (Wildman–Crippen MR) is 229 cm³/mol. The van der Waals surface area contributed by atoms with Crippen molar-refractivity contribution in [3.8, 4) is 0 Å². The lowest BCUT2D eigenvalue weighted by atomic mass is 9.82. The van der Waals surface area contributed by atoms with Crippen LogP contribution in [0.25, 0.3) is 0 Å². The number of amides is 4. The molecule has 5 atom stereocenters. The molecule has 5 unspecified atom stereocenters. The molecule has 3 aliphatic rings. The van der Waals surface area contributed by atoms with Gasteiger partial charge in [-0.1, -0.05) is 120 Å². The van der Waals surface area contributed by atoms with E-state index in [1.165, 1.54) is 58.8 Å². The van der Waals surface area contributed by atoms with Crippen LogP contribution in [0.1, 0.15) is 166 Å². The van der Waals surface area contributed by atoms with Gasteiger partial charge in [-0.15, -0.1) is 0 Å². The van der Waals surface area contributed by atoms with Gasteiger partial charge in [-0.05, 0) is 64.3 Å². The Morgan fingerprint density at radius 2 is 1.34 bits per heavy atom. The van der Waals surface area contributed by atoms with Gasteiger partial charge in [-0.3, -0.25) is 24.0 Å². The van der Waals surface area contributed by atoms with E-state index < -0.39 is 29.4 Å². The number of nitrogens with one attached hydrogen (secondary N) is 4. The number of hydrogen-bond acceptors (Lipinski definition) is 9. The van der Waals surface area contributed by atoms with E-state index in [9.17, 15) is 29.1 Å². The number of hydrogen-bond donors (Lipinski definition) is 6. The Morgan fingerprint density at radius 3 is 1.73 bits per heavy atom. The van der Waals surface area contributed by atoms with Gasteiger partial charge in [0.05, 0.1) is 6.54 Å². The average Bonchev–Trinajstić information content (AvgIpc) is 4.03. The quantitative estimate of drug-likeness (QED) is 0.126. The van der Waals surface area contributed by atoms with Gasteiger partial charge >= 0.3 is 0 Å². The summed E-state index contributed by atoms with van der Waals surface area (Å²) in [5.74, 6) is -1.44. The minimum atomic E-state index is -0.916. The maximum Gasteiger partial charge on any atom is 0.267 e. The van der Waals surface area contributed by atoms with Crippen LogP contribution in [0.15, 0.2) is 11.3 Å². The first-order chi connectivity index (χ1) is 26.5. The highest BCUT2D eigenvalue weighted by atomic mass is 16.3. The molecule has 0 radical (unpaired) electrons. The van der Waals surface area contributed by atoms with E-state index in [1.54, 1.807) is 19.0 Å². The first kappa shape index (κ1) is 57.0. The fourth-order valence-electron chi connectivity index (χ4n) is 6.24. The maximum atomic E-state index is 13.2. The molecule has 3 fully saturated rings. The highest BCUT2D eigenvalue weighted by Crippen LogP contribution is 2.29. The normalized spacial score (nSPS) is 19.2. The zero-order valence-electron chi connectivity index (χ0n) is 37.7. The van der Waals surface area contributed by atoms with E-state index in [0.717, 1.165) is 44.9 Å². The summed E-state index contributed by atoms with van der Waals surface area (Å²) in [6.45, 7) is 22.3. The lowest BCUT2D eigenvalue weighted by Gasteiger charge is -2.40. The van der Waals surface area contributed by atoms with Crippen molar-refractivity contribution >= 4 is 36.2 Å². The number of aliphatic hydroxyl groups is 1. The van der Waals surface area contributed by atoms with Gasteiger partial charge in [-0.25, -0.2) is 0 Å². The number of aliphatic hydroxyl groups excluding tert-OH is 1. The molecule has 0 aromatic carbocycles. The third-order valence-electron chi connectivity index (χ3n) is 9.96. The molecule has 0 saturated heterocycles. The second-order valence-corrected chi connectivity index (χ2v) is 15.5. The zero-order chi connectivity index (χ0) is 44.0. The SMILES string of the molecule is C1CCCCC1.C=O.CC.CC.CC(=O)/C(C)=C(/N)C(=O)NCC(=O)NC(C(=O)N(C)C1CCCCC1C)C(C)(C)C.CCCC(NC)C(O)C(=O)NC1CC1. The Balaban J connectivity index is -0.000000881. The highest BCUT2D eigenvalue weighted by molar-refractivity contribution is 6.04. The molecule has 0 spiro atoms. The smallest absolute Gasteiger partial charge is 0.267 e. The number of nitrogens with two attached hydrogens (primary N) is 1. The van der Waals surface area contributed by atoms with E-state index >= 15 is 0 Å². The van der Waals surface area contributed by atoms with Gasteiger partial charge in [0, 0.05) is 30.7 Å². The largest absolute Gasteiger partial charge is 0.394 e. The number of ketones is 1. The molecule has 4 amide bonds. The van der Waals surface area contributed by atoms with E-state index in [4.69, 9.17) is 10.5 Å². The van der Waals surface area contributed by atoms with Gasteiger partial charge in [0.25, 0.3) is 11.8 Å². The summed E-state index contributed by atoms with van der Waals surface area (Å²) in [4.78, 5) is 70.4. The topological polar surface area (TPSA) is 200 Å². The summed E-state index contributed by atoms with van der Waals surface area (Å²) in [5, 5.41) is 20.6. The van der Waals surface area contributed by atoms with Crippen molar-refractivity contribution in [1.29, 1.82) is 0 Å². The summed E-state index contributed by atoms with van der Waals surface area (Å²) in [7, 11) is 3.57. The molecule has 328 valence electrons. The summed E-state index contributed by atoms with van der Waals surface area (Å²) in [6.07, 6.45) is 16.3. The zero-order valence-corrected chi connectivity index (χ0v) is 37.7. The van der Waals surface area contributed by atoms with Crippen molar-refractivity contribution in [2.24, 2.45) is 17.1 Å². The number of Topliss-reactive ketones (excluding diaryl/α,β-unsaturated/α-hetero) is 1. The number of rotatable bonds is 13. The standard InChI is InChI=1S/C22H38N4O4.C10H20N2O2.C6H12.2C2H6.CH2O/c1-13-10-8-9-11-16(13)26(7)21(30)19(22(4,5)6)25-17(28)12-24-20(29)18(23)14(2)15(3)27;1-3-4-8(11-2)9(13)10(14)12-7-5-6-7;1-2-4-6-5-3-1;3*1-2/h13,16,19H,8-12,23H2,1-7H3,(H,24,29)(H,25,28);7-9,11,13H,3-6H2,1-2H3,(H,12,14);1-6H2;2*1-2H3;1H2/b18-14+;;;;;. The Bertz CT molecular complexity index is 1140. The van der Waals surface area contributed by atoms with Crippen molar-refractivity contribution < 1.29 is 33.9 Å². The van der Waals surface area contributed by atoms with E-state index in [0.29, 0.717) is 12.0 Å². The summed E-state index contributed by atoms with van der Waals surface area (Å²) in [5.41, 5.74) is 5.07. The van der Waals surface area contributed by atoms with Crippen LogP contribution in [0, 0.1) is 11.3 Å². The Hall–Kier alpha value is -3.32. The molecule has 3 aliphatic carbocycles. The molecule has 0 bridgehead atoms. The molecular formula is C43H84N6O7. The molecule has 3 saturated carbocycles. The van der Waals surface area contributed by atoms with Crippen LogP contribution >= 0.6 is 0 Å². The van der Waals surface area contributed by atoms with Gasteiger partial charge in [0.15, 0.2) is 5.78 Å². The number of nitrogens with zero attached hydrogens (tertiary/aromatic N) is 1. The second-order valence-electron chi connectivity index (χ2n) is 15.5. The Labute approximate surface area is 340 Å². The van der Waals surface area contributed by atoms with E-state index in [-0.39, 0.29) is 47.5 Å². The molecule has 0 heterocycles. The predicted octanol–water partition coefficient (Wildman–Crippen LogP) is 5.71. The van der Waals surface area contributed by atoms with Crippen molar-refractivity contribution in [2.45, 2.75) is 196 Å². The first-order valence-electron chi connectivity index (χ1n) is 21.2. The fourth-order valence-corrected chi connectivity index (χ4v) is 6.24. The fraction of sp³-hybridized carbons (Fsp3) is 0.814. The highest BCUT2D eigenvalue weighted by Gasteiger charge is 2.38. The summed E-state index contributed by atoms with van der Waals surface area (Å²) < 4.78 is 0. The number of likely N-dealkylation sites (N-methyl/N-ethyl adjacent to an activating group) is 2. The van der Waals surface area contributed by atoms with Crippen molar-refractivity contribution in [3.05, 3.63) is 11.3 Å². The van der Waals surface area contributed by atoms with Gasteiger partial charge in [0.2, 0.25) is 11.8 Å². The number of carbonyl (C=O) groups excluding carboxylic acids is 6. The number of allylic oxidation sites excluding steroid dienone is 1. The van der Waals surface area contributed by atoms with Crippen LogP contribution in [0.3, 0.4) is 0 Å². The first-order valence-corrected chi connectivity index (χ1v) is 21.2. The lowest BCUT2D eigenvalue weighted by molar-refractivity contribution is -0.141. The van der Waals surface area contributed by atoms with E-state index in [2.05, 4.69) is 28.2 Å². The van der Waals surface area contributed by atoms with Crippen molar-refractivity contribution in [3.63, 3.8) is 0 Å². The van der Waals surface area contributed by atoms with E-state index in [1.807, 2.05) is 62.2 Å². The third-order valence-corrected chi connectivity index (χ3v) is 9.96. The van der Waals surface area contributed by atoms with Crippen molar-refractivity contribution in [1.82, 2.24) is 26.2 Å². The monoisotopic (exact) mass is 797 g/mol. The Kier molecular flexibility index (Phi) is 33.3. The molecule has 0 aliphatic heterocycles. The second kappa shape index (κ2) is 32.7. The van der Waals surface area contributed by atoms with Crippen LogP contribution in [-0.4, -0.2) is 97.1 Å². The minimum absolute atomic E-state index is 0.126. The van der Waals surface area contributed by atoms with Crippen LogP contribution in [0.4, 0.5) is 0 Å². The molecule has 3 rings (SSSR count). The molecule has 13 heteroatoms. The van der Waals surface area contributed by atoms with Crippen LogP contribution in [0.2, 0.25) is 0 Å². The molecule has 0 aromatic rings. The Morgan fingerprint density at radius 1 is 0.857 bits per heavy atom. The third kappa shape index (κ3) is 23.7. The van der Waals surface area contributed by atoms with Gasteiger partial charge < -0.3 is 41.8 Å². The van der Waals surface area contributed by atoms with Gasteiger partial charge in [0.1, 0.15) is 24.6 Å². The molecule has 56 heavy (non-hydrogen) atoms. The van der Waals surface area contributed by atoms with Crippen LogP contribution in [0.5, 0.6) is 0 Å². The van der Waals surface area contributed by atoms with Crippen molar-refractivity contribution in [2.75, 3.05) is 20.6 Å². The molecule has 0 aromatic heterocycles.